The summed E-state index contributed by atoms with van der Waals surface area (Å²) in [6.45, 7) is 6.42. The molecule has 0 rings (SSSR count). The molecular formula is C76H128O6. The molecule has 1 unspecified atom stereocenters. The van der Waals surface area contributed by atoms with Gasteiger partial charge in [-0.3, -0.25) is 14.4 Å². The number of carbonyl (C=O) groups excluding carboxylic acids is 3. The Morgan fingerprint density at radius 1 is 0.256 bits per heavy atom. The number of allylic oxidation sites excluding steroid dienone is 20. The van der Waals surface area contributed by atoms with Crippen LogP contribution in [-0.4, -0.2) is 37.2 Å². The number of ether oxygens (including phenoxy) is 3. The van der Waals surface area contributed by atoms with E-state index >= 15 is 0 Å². The van der Waals surface area contributed by atoms with Crippen molar-refractivity contribution in [2.24, 2.45) is 0 Å². The predicted octanol–water partition coefficient (Wildman–Crippen LogP) is 23.9. The Hall–Kier alpha value is -4.19. The second-order valence-corrected chi connectivity index (χ2v) is 22.7. The van der Waals surface area contributed by atoms with Crippen molar-refractivity contribution in [1.82, 2.24) is 0 Å². The molecule has 82 heavy (non-hydrogen) atoms. The monoisotopic (exact) mass is 1140 g/mol. The molecule has 1 atom stereocenters. The molecule has 0 aromatic heterocycles. The molecule has 0 radical (unpaired) electrons. The highest BCUT2D eigenvalue weighted by Gasteiger charge is 2.19. The van der Waals surface area contributed by atoms with Crippen LogP contribution >= 0.6 is 0 Å². The van der Waals surface area contributed by atoms with Gasteiger partial charge in [0.15, 0.2) is 6.10 Å². The number of unbranched alkanes of at least 4 members (excludes halogenated alkanes) is 31. The largest absolute Gasteiger partial charge is 0.462 e. The van der Waals surface area contributed by atoms with Crippen LogP contribution < -0.4 is 0 Å². The lowest BCUT2D eigenvalue weighted by atomic mass is 10.0. The SMILES string of the molecule is CC/C=C\C/C=C\C/C=C\C/C=C\C/C=C\C/C=C\CCCCCCC(=O)OCC(COC(=O)CCCCCCCC/C=C\C/C=C\C/C=C\C/C=C\CC)OC(=O)CCCCCCCCCCCCCCCCCCCCCCCC. The van der Waals surface area contributed by atoms with Crippen LogP contribution in [0.3, 0.4) is 0 Å². The van der Waals surface area contributed by atoms with E-state index in [1.807, 2.05) is 0 Å². The summed E-state index contributed by atoms with van der Waals surface area (Å²) in [5.41, 5.74) is 0. The van der Waals surface area contributed by atoms with E-state index in [-0.39, 0.29) is 31.1 Å². The van der Waals surface area contributed by atoms with E-state index in [0.717, 1.165) is 148 Å². The van der Waals surface area contributed by atoms with Crippen LogP contribution in [0.5, 0.6) is 0 Å². The molecule has 0 aromatic rings. The topological polar surface area (TPSA) is 78.9 Å². The van der Waals surface area contributed by atoms with Crippen molar-refractivity contribution in [3.05, 3.63) is 122 Å². The Morgan fingerprint density at radius 2 is 0.476 bits per heavy atom. The maximum Gasteiger partial charge on any atom is 0.306 e. The summed E-state index contributed by atoms with van der Waals surface area (Å²) < 4.78 is 17.0. The number of rotatable bonds is 62. The van der Waals surface area contributed by atoms with Gasteiger partial charge < -0.3 is 14.2 Å². The van der Waals surface area contributed by atoms with E-state index in [1.165, 1.54) is 135 Å². The number of esters is 3. The molecule has 0 fully saturated rings. The van der Waals surface area contributed by atoms with Crippen molar-refractivity contribution in [2.75, 3.05) is 13.2 Å². The standard InChI is InChI=1S/C76H128O6/c1-4-7-10-13-16-19-22-25-28-31-34-36-38-40-42-45-48-51-54-57-60-63-66-69-75(78)81-72-73(71-80-74(77)68-65-62-59-56-53-50-47-44-41-33-30-27-24-21-18-15-12-9-6-3)82-76(79)70-67-64-61-58-55-52-49-46-43-39-37-35-32-29-26-23-20-17-14-11-8-5-2/h7,9-10,12,16,18-19,21,25,27-28,30,34,36,40-42,44,48,51,73H,4-6,8,11,13-15,17,20,22-24,26,29,31-33,35,37-39,43,45-47,49-50,52-72H2,1-3H3/b10-7-,12-9-,19-16-,21-18-,28-25-,30-27-,36-34-,42-40-,44-41-,51-48-. The van der Waals surface area contributed by atoms with Crippen molar-refractivity contribution in [3.63, 3.8) is 0 Å². The van der Waals surface area contributed by atoms with Crippen molar-refractivity contribution in [3.8, 4) is 0 Å². The van der Waals surface area contributed by atoms with Gasteiger partial charge >= 0.3 is 17.9 Å². The van der Waals surface area contributed by atoms with Gasteiger partial charge in [-0.25, -0.2) is 0 Å². The van der Waals surface area contributed by atoms with Gasteiger partial charge in [0.1, 0.15) is 13.2 Å². The molecule has 0 aromatic carbocycles. The smallest absolute Gasteiger partial charge is 0.306 e. The van der Waals surface area contributed by atoms with Gasteiger partial charge in [0.25, 0.3) is 0 Å². The fourth-order valence-corrected chi connectivity index (χ4v) is 9.62. The number of hydrogen-bond donors (Lipinski definition) is 0. The first-order valence-electron chi connectivity index (χ1n) is 34.5. The molecule has 0 saturated carbocycles. The van der Waals surface area contributed by atoms with Crippen LogP contribution in [0.25, 0.3) is 0 Å². The molecule has 0 aliphatic rings. The van der Waals surface area contributed by atoms with Gasteiger partial charge in [-0.15, -0.1) is 0 Å². The quantitative estimate of drug-likeness (QED) is 0.0261. The van der Waals surface area contributed by atoms with Gasteiger partial charge in [0, 0.05) is 19.3 Å². The van der Waals surface area contributed by atoms with Gasteiger partial charge in [-0.1, -0.05) is 316 Å². The third-order valence-corrected chi connectivity index (χ3v) is 14.7. The molecule has 6 nitrogen and oxygen atoms in total. The molecular weight excluding hydrogens is 1010 g/mol. The summed E-state index contributed by atoms with van der Waals surface area (Å²) in [6.07, 6.45) is 96.4. The van der Waals surface area contributed by atoms with Crippen LogP contribution in [0.2, 0.25) is 0 Å². The Bertz CT molecular complexity index is 1690. The van der Waals surface area contributed by atoms with Crippen LogP contribution in [0.1, 0.15) is 323 Å². The highest BCUT2D eigenvalue weighted by atomic mass is 16.6. The number of hydrogen-bond acceptors (Lipinski definition) is 6. The first kappa shape index (κ1) is 77.8. The molecule has 0 saturated heterocycles. The third kappa shape index (κ3) is 66.6. The lowest BCUT2D eigenvalue weighted by Crippen LogP contribution is -2.30. The second-order valence-electron chi connectivity index (χ2n) is 22.7. The van der Waals surface area contributed by atoms with Gasteiger partial charge in [-0.2, -0.15) is 0 Å². The Morgan fingerprint density at radius 3 is 0.744 bits per heavy atom. The van der Waals surface area contributed by atoms with Crippen LogP contribution in [0, 0.1) is 0 Å². The molecule has 0 N–H and O–H groups in total. The van der Waals surface area contributed by atoms with Crippen LogP contribution in [0.4, 0.5) is 0 Å². The minimum atomic E-state index is -0.799. The van der Waals surface area contributed by atoms with E-state index < -0.39 is 6.10 Å². The van der Waals surface area contributed by atoms with E-state index in [9.17, 15) is 14.4 Å². The fraction of sp³-hybridized carbons (Fsp3) is 0.697. The van der Waals surface area contributed by atoms with Gasteiger partial charge in [0.05, 0.1) is 0 Å². The first-order valence-corrected chi connectivity index (χ1v) is 34.5. The average Bonchev–Trinajstić information content (AvgIpc) is 3.48. The lowest BCUT2D eigenvalue weighted by molar-refractivity contribution is -0.167. The van der Waals surface area contributed by atoms with E-state index in [2.05, 4.69) is 142 Å². The Labute approximate surface area is 507 Å². The first-order chi connectivity index (χ1) is 40.5. The molecule has 6 heteroatoms. The third-order valence-electron chi connectivity index (χ3n) is 14.7. The molecule has 0 bridgehead atoms. The average molecular weight is 1140 g/mol. The number of carbonyl (C=O) groups is 3. The van der Waals surface area contributed by atoms with E-state index in [4.69, 9.17) is 14.2 Å². The summed E-state index contributed by atoms with van der Waals surface area (Å²) in [7, 11) is 0. The molecule has 0 amide bonds. The zero-order valence-electron chi connectivity index (χ0n) is 53.7. The summed E-state index contributed by atoms with van der Waals surface area (Å²) in [6, 6.07) is 0. The Kier molecular flexibility index (Phi) is 65.8. The van der Waals surface area contributed by atoms with Crippen molar-refractivity contribution >= 4 is 17.9 Å². The highest BCUT2D eigenvalue weighted by molar-refractivity contribution is 5.71. The van der Waals surface area contributed by atoms with Crippen LogP contribution in [0.15, 0.2) is 122 Å². The predicted molar refractivity (Wildman–Crippen MR) is 357 cm³/mol. The minimum Gasteiger partial charge on any atom is -0.462 e. The van der Waals surface area contributed by atoms with Crippen LogP contribution in [-0.2, 0) is 28.6 Å². The maximum absolute atomic E-state index is 13.0. The van der Waals surface area contributed by atoms with Crippen molar-refractivity contribution in [2.45, 2.75) is 329 Å². The van der Waals surface area contributed by atoms with E-state index in [0.29, 0.717) is 19.3 Å². The summed E-state index contributed by atoms with van der Waals surface area (Å²) in [5.74, 6) is -0.920. The zero-order valence-corrected chi connectivity index (χ0v) is 53.7. The Balaban J connectivity index is 4.45. The minimum absolute atomic E-state index is 0.0941. The lowest BCUT2D eigenvalue weighted by Gasteiger charge is -2.18. The molecule has 0 aliphatic heterocycles. The summed E-state index contributed by atoms with van der Waals surface area (Å²) >= 11 is 0. The van der Waals surface area contributed by atoms with E-state index in [1.54, 1.807) is 0 Å². The van der Waals surface area contributed by atoms with Gasteiger partial charge in [0.2, 0.25) is 0 Å². The van der Waals surface area contributed by atoms with Crippen molar-refractivity contribution in [1.29, 1.82) is 0 Å². The molecule has 0 heterocycles. The molecule has 0 spiro atoms. The maximum atomic E-state index is 13.0. The van der Waals surface area contributed by atoms with Gasteiger partial charge in [-0.05, 0) is 109 Å². The zero-order chi connectivity index (χ0) is 59.2. The normalized spacial score (nSPS) is 12.9. The summed E-state index contributed by atoms with van der Waals surface area (Å²) in [4.78, 5) is 38.5. The highest BCUT2D eigenvalue weighted by Crippen LogP contribution is 2.17. The second kappa shape index (κ2) is 69.3. The molecule has 0 aliphatic carbocycles. The summed E-state index contributed by atoms with van der Waals surface area (Å²) in [5, 5.41) is 0. The molecule has 468 valence electrons. The fourth-order valence-electron chi connectivity index (χ4n) is 9.62. The van der Waals surface area contributed by atoms with Crippen molar-refractivity contribution < 1.29 is 28.6 Å².